The number of hydrogen-bond acceptors (Lipinski definition) is 2. The van der Waals surface area contributed by atoms with Gasteiger partial charge in [0, 0.05) is 17.4 Å². The second kappa shape index (κ2) is 6.69. The van der Waals surface area contributed by atoms with E-state index in [1.807, 2.05) is 24.3 Å². The molecule has 0 unspecified atom stereocenters. The minimum Gasteiger partial charge on any atom is -0.497 e. The fraction of sp³-hybridized carbons (Fsp3) is 0.389. The molecule has 1 aliphatic carbocycles. The minimum absolute atomic E-state index is 0.0495. The van der Waals surface area contributed by atoms with Crippen LogP contribution in [0.1, 0.15) is 42.6 Å². The number of amides is 1. The molecule has 1 heterocycles. The number of carbonyl (C=O) groups excluding carboxylic acids is 1. The quantitative estimate of drug-likeness (QED) is 0.825. The standard InChI is InChI=1S/C18H22N2O2/c1-22-15-7-8-16-14(11-15)12-17(20-16)18(21)19-10-9-13-5-3-2-4-6-13/h5,7-8,11-12,20H,2-4,6,9-10H2,1H3,(H,19,21). The van der Waals surface area contributed by atoms with E-state index in [9.17, 15) is 4.79 Å². The maximum absolute atomic E-state index is 12.2. The number of carbonyl (C=O) groups is 1. The third kappa shape index (κ3) is 3.32. The average Bonchev–Trinajstić information content (AvgIpc) is 2.99. The molecule has 0 bridgehead atoms. The third-order valence-electron chi connectivity index (χ3n) is 4.19. The molecule has 0 spiro atoms. The van der Waals surface area contributed by atoms with E-state index in [0.29, 0.717) is 12.2 Å². The molecular formula is C18H22N2O2. The molecule has 1 aromatic heterocycles. The molecule has 0 saturated carbocycles. The summed E-state index contributed by atoms with van der Waals surface area (Å²) in [5.74, 6) is 0.745. The summed E-state index contributed by atoms with van der Waals surface area (Å²) in [5.41, 5.74) is 3.02. The summed E-state index contributed by atoms with van der Waals surface area (Å²) in [6.07, 6.45) is 8.23. The molecular weight excluding hydrogens is 276 g/mol. The van der Waals surface area contributed by atoms with Gasteiger partial charge in [0.15, 0.2) is 0 Å². The Morgan fingerprint density at radius 2 is 2.23 bits per heavy atom. The van der Waals surface area contributed by atoms with Gasteiger partial charge in [0.2, 0.25) is 0 Å². The molecule has 116 valence electrons. The number of ether oxygens (including phenoxy) is 1. The van der Waals surface area contributed by atoms with Gasteiger partial charge >= 0.3 is 0 Å². The van der Waals surface area contributed by atoms with Crippen molar-refractivity contribution in [2.45, 2.75) is 32.1 Å². The van der Waals surface area contributed by atoms with E-state index in [1.54, 1.807) is 7.11 Å². The van der Waals surface area contributed by atoms with Crippen molar-refractivity contribution in [2.75, 3.05) is 13.7 Å². The van der Waals surface area contributed by atoms with Crippen LogP contribution in [0.2, 0.25) is 0 Å². The van der Waals surface area contributed by atoms with Crippen LogP contribution >= 0.6 is 0 Å². The van der Waals surface area contributed by atoms with Crippen molar-refractivity contribution < 1.29 is 9.53 Å². The van der Waals surface area contributed by atoms with Gasteiger partial charge in [0.1, 0.15) is 11.4 Å². The van der Waals surface area contributed by atoms with Gasteiger partial charge in [-0.1, -0.05) is 11.6 Å². The van der Waals surface area contributed by atoms with Crippen molar-refractivity contribution in [3.05, 3.63) is 41.6 Å². The molecule has 3 rings (SSSR count). The molecule has 0 fully saturated rings. The number of rotatable bonds is 5. The van der Waals surface area contributed by atoms with Crippen LogP contribution in [0.5, 0.6) is 5.75 Å². The summed E-state index contributed by atoms with van der Waals surface area (Å²) in [4.78, 5) is 15.4. The third-order valence-corrected chi connectivity index (χ3v) is 4.19. The largest absolute Gasteiger partial charge is 0.497 e. The van der Waals surface area contributed by atoms with Gasteiger partial charge in [-0.15, -0.1) is 0 Å². The zero-order valence-electron chi connectivity index (χ0n) is 12.9. The van der Waals surface area contributed by atoms with Crippen LogP contribution in [0.4, 0.5) is 0 Å². The topological polar surface area (TPSA) is 54.1 Å². The van der Waals surface area contributed by atoms with Gasteiger partial charge in [-0.3, -0.25) is 4.79 Å². The van der Waals surface area contributed by atoms with E-state index >= 15 is 0 Å². The van der Waals surface area contributed by atoms with Gasteiger partial charge in [-0.25, -0.2) is 0 Å². The fourth-order valence-corrected chi connectivity index (χ4v) is 2.92. The number of aromatic nitrogens is 1. The first-order valence-electron chi connectivity index (χ1n) is 7.89. The average molecular weight is 298 g/mol. The molecule has 22 heavy (non-hydrogen) atoms. The first-order chi connectivity index (χ1) is 10.8. The Labute approximate surface area is 130 Å². The molecule has 1 aliphatic rings. The van der Waals surface area contributed by atoms with Crippen LogP contribution in [0.3, 0.4) is 0 Å². The van der Waals surface area contributed by atoms with Crippen molar-refractivity contribution >= 4 is 16.8 Å². The molecule has 2 aromatic rings. The minimum atomic E-state index is -0.0495. The number of aromatic amines is 1. The van der Waals surface area contributed by atoms with Gasteiger partial charge < -0.3 is 15.0 Å². The number of nitrogens with one attached hydrogen (secondary N) is 2. The summed E-state index contributed by atoms with van der Waals surface area (Å²) < 4.78 is 5.20. The summed E-state index contributed by atoms with van der Waals surface area (Å²) in [6.45, 7) is 0.698. The number of benzene rings is 1. The van der Waals surface area contributed by atoms with E-state index < -0.39 is 0 Å². The smallest absolute Gasteiger partial charge is 0.267 e. The monoisotopic (exact) mass is 298 g/mol. The Hall–Kier alpha value is -2.23. The number of fused-ring (bicyclic) bond motifs is 1. The van der Waals surface area contributed by atoms with E-state index in [-0.39, 0.29) is 5.91 Å². The second-order valence-corrected chi connectivity index (χ2v) is 5.75. The highest BCUT2D eigenvalue weighted by atomic mass is 16.5. The molecule has 0 aliphatic heterocycles. The van der Waals surface area contributed by atoms with Gasteiger partial charge in [0.05, 0.1) is 7.11 Å². The highest BCUT2D eigenvalue weighted by Gasteiger charge is 2.10. The number of hydrogen-bond donors (Lipinski definition) is 2. The Kier molecular flexibility index (Phi) is 4.47. The van der Waals surface area contributed by atoms with E-state index in [4.69, 9.17) is 4.74 Å². The maximum atomic E-state index is 12.2. The fourth-order valence-electron chi connectivity index (χ4n) is 2.92. The zero-order chi connectivity index (χ0) is 15.4. The summed E-state index contributed by atoms with van der Waals surface area (Å²) >= 11 is 0. The summed E-state index contributed by atoms with van der Waals surface area (Å²) in [6, 6.07) is 7.61. The number of methoxy groups -OCH3 is 1. The lowest BCUT2D eigenvalue weighted by molar-refractivity contribution is 0.0950. The molecule has 0 atom stereocenters. The zero-order valence-corrected chi connectivity index (χ0v) is 12.9. The van der Waals surface area contributed by atoms with Crippen molar-refractivity contribution in [3.63, 3.8) is 0 Å². The summed E-state index contributed by atoms with van der Waals surface area (Å²) in [7, 11) is 1.64. The van der Waals surface area contributed by atoms with E-state index in [2.05, 4.69) is 16.4 Å². The van der Waals surface area contributed by atoms with Gasteiger partial charge in [-0.2, -0.15) is 0 Å². The van der Waals surface area contributed by atoms with Gasteiger partial charge in [0.25, 0.3) is 5.91 Å². The van der Waals surface area contributed by atoms with Crippen molar-refractivity contribution in [1.29, 1.82) is 0 Å². The number of H-pyrrole nitrogens is 1. The van der Waals surface area contributed by atoms with Crippen molar-refractivity contribution in [2.24, 2.45) is 0 Å². The molecule has 4 heteroatoms. The normalized spacial score (nSPS) is 14.7. The molecule has 0 radical (unpaired) electrons. The van der Waals surface area contributed by atoms with Crippen LogP contribution < -0.4 is 10.1 Å². The molecule has 2 N–H and O–H groups in total. The molecule has 1 aromatic carbocycles. The van der Waals surface area contributed by atoms with E-state index in [1.165, 1.54) is 31.3 Å². The lowest BCUT2D eigenvalue weighted by Gasteiger charge is -2.12. The van der Waals surface area contributed by atoms with Crippen molar-refractivity contribution in [3.8, 4) is 5.75 Å². The summed E-state index contributed by atoms with van der Waals surface area (Å²) in [5, 5.41) is 3.98. The second-order valence-electron chi connectivity index (χ2n) is 5.75. The molecule has 4 nitrogen and oxygen atoms in total. The lowest BCUT2D eigenvalue weighted by Crippen LogP contribution is -2.25. The van der Waals surface area contributed by atoms with Gasteiger partial charge in [-0.05, 0) is 56.4 Å². The Morgan fingerprint density at radius 1 is 1.32 bits per heavy atom. The van der Waals surface area contributed by atoms with Crippen LogP contribution in [-0.4, -0.2) is 24.5 Å². The maximum Gasteiger partial charge on any atom is 0.267 e. The van der Waals surface area contributed by atoms with E-state index in [0.717, 1.165) is 23.1 Å². The predicted molar refractivity (Wildman–Crippen MR) is 88.4 cm³/mol. The molecule has 1 amide bonds. The van der Waals surface area contributed by atoms with Crippen LogP contribution in [0, 0.1) is 0 Å². The highest BCUT2D eigenvalue weighted by Crippen LogP contribution is 2.22. The highest BCUT2D eigenvalue weighted by molar-refractivity contribution is 5.98. The first kappa shape index (κ1) is 14.7. The SMILES string of the molecule is COc1ccc2[nH]c(C(=O)NCCC3=CCCCC3)cc2c1. The predicted octanol–water partition coefficient (Wildman–Crippen LogP) is 3.80. The Balaban J connectivity index is 1.60. The van der Waals surface area contributed by atoms with Crippen LogP contribution in [0.25, 0.3) is 10.9 Å². The Morgan fingerprint density at radius 3 is 3.00 bits per heavy atom. The van der Waals surface area contributed by atoms with Crippen molar-refractivity contribution in [1.82, 2.24) is 10.3 Å². The van der Waals surface area contributed by atoms with Crippen LogP contribution in [-0.2, 0) is 0 Å². The van der Waals surface area contributed by atoms with Crippen LogP contribution in [0.15, 0.2) is 35.9 Å². The first-order valence-corrected chi connectivity index (χ1v) is 7.89. The molecule has 0 saturated heterocycles. The number of allylic oxidation sites excluding steroid dienone is 1. The Bertz CT molecular complexity index is 700. The lowest BCUT2D eigenvalue weighted by atomic mass is 9.97.